The first-order valence-electron chi connectivity index (χ1n) is 4.70. The number of halogens is 12. The summed E-state index contributed by atoms with van der Waals surface area (Å²) in [4.78, 5) is 9.74. The van der Waals surface area contributed by atoms with Crippen molar-refractivity contribution in [3.63, 3.8) is 0 Å². The molecular formula is C8H4F12O2. The summed E-state index contributed by atoms with van der Waals surface area (Å²) in [6.45, 7) is -1.05. The highest BCUT2D eigenvalue weighted by atomic mass is 19.4. The SMILES string of the molecule is CC(F)(F)C(F)(F)C(F)(F)C(F)(F)C(F)(F)C(F)(F)C(=O)O. The predicted octanol–water partition coefficient (Wildman–Crippen LogP) is 3.90. The molecule has 0 aromatic rings. The third-order valence-electron chi connectivity index (χ3n) is 2.40. The van der Waals surface area contributed by atoms with E-state index in [-0.39, 0.29) is 0 Å². The molecule has 0 aliphatic carbocycles. The lowest BCUT2D eigenvalue weighted by atomic mass is 9.92. The van der Waals surface area contributed by atoms with E-state index in [1.54, 1.807) is 0 Å². The zero-order valence-electron chi connectivity index (χ0n) is 9.89. The van der Waals surface area contributed by atoms with Crippen LogP contribution in [0.3, 0.4) is 0 Å². The Balaban J connectivity index is 6.29. The van der Waals surface area contributed by atoms with Crippen LogP contribution in [0.4, 0.5) is 52.7 Å². The van der Waals surface area contributed by atoms with Crippen molar-refractivity contribution in [1.29, 1.82) is 0 Å². The number of alkyl halides is 12. The maximum absolute atomic E-state index is 12.8. The fourth-order valence-corrected chi connectivity index (χ4v) is 1.00. The Bertz CT molecular complexity index is 449. The topological polar surface area (TPSA) is 37.3 Å². The van der Waals surface area contributed by atoms with Crippen molar-refractivity contribution in [1.82, 2.24) is 0 Å². The molecule has 0 aromatic carbocycles. The van der Waals surface area contributed by atoms with Gasteiger partial charge in [0.15, 0.2) is 0 Å². The first kappa shape index (κ1) is 20.6. The first-order valence-corrected chi connectivity index (χ1v) is 4.70. The van der Waals surface area contributed by atoms with E-state index < -0.39 is 48.4 Å². The van der Waals surface area contributed by atoms with Crippen LogP contribution in [0.2, 0.25) is 0 Å². The Morgan fingerprint density at radius 1 is 0.636 bits per heavy atom. The first-order chi connectivity index (χ1) is 9.19. The van der Waals surface area contributed by atoms with Gasteiger partial charge in [-0.25, -0.2) is 4.79 Å². The van der Waals surface area contributed by atoms with Crippen LogP contribution in [0.5, 0.6) is 0 Å². The molecule has 0 amide bonds. The molecule has 0 atom stereocenters. The van der Waals surface area contributed by atoms with E-state index in [0.29, 0.717) is 0 Å². The highest BCUT2D eigenvalue weighted by Gasteiger charge is 2.90. The summed E-state index contributed by atoms with van der Waals surface area (Å²) >= 11 is 0. The number of carboxylic acids is 1. The van der Waals surface area contributed by atoms with Crippen molar-refractivity contribution < 1.29 is 62.6 Å². The lowest BCUT2D eigenvalue weighted by molar-refractivity contribution is -0.419. The van der Waals surface area contributed by atoms with Gasteiger partial charge in [-0.2, -0.15) is 52.7 Å². The Kier molecular flexibility index (Phi) is 4.51. The van der Waals surface area contributed by atoms with E-state index in [1.807, 2.05) is 0 Å². The van der Waals surface area contributed by atoms with Crippen molar-refractivity contribution in [2.75, 3.05) is 0 Å². The Labute approximate surface area is 112 Å². The minimum Gasteiger partial charge on any atom is -0.477 e. The van der Waals surface area contributed by atoms with E-state index in [9.17, 15) is 57.5 Å². The molecule has 0 bridgehead atoms. The van der Waals surface area contributed by atoms with Crippen LogP contribution in [0.1, 0.15) is 6.92 Å². The second-order valence-corrected chi connectivity index (χ2v) is 4.07. The number of hydrogen-bond donors (Lipinski definition) is 1. The average Bonchev–Trinajstić information content (AvgIpc) is 2.25. The smallest absolute Gasteiger partial charge is 0.410 e. The van der Waals surface area contributed by atoms with Gasteiger partial charge in [-0.05, 0) is 0 Å². The highest BCUT2D eigenvalue weighted by molar-refractivity contribution is 5.77. The number of rotatable bonds is 6. The van der Waals surface area contributed by atoms with Gasteiger partial charge in [-0.3, -0.25) is 0 Å². The molecule has 0 radical (unpaired) electrons. The third-order valence-corrected chi connectivity index (χ3v) is 2.40. The molecule has 22 heavy (non-hydrogen) atoms. The molecule has 132 valence electrons. The normalized spacial score (nSPS) is 15.9. The second-order valence-electron chi connectivity index (χ2n) is 4.07. The van der Waals surface area contributed by atoms with Gasteiger partial charge in [0.25, 0.3) is 0 Å². The molecule has 0 fully saturated rings. The van der Waals surface area contributed by atoms with Gasteiger partial charge >= 0.3 is 41.5 Å². The summed E-state index contributed by atoms with van der Waals surface area (Å²) in [6, 6.07) is 0. The van der Waals surface area contributed by atoms with Gasteiger partial charge in [0.1, 0.15) is 0 Å². The van der Waals surface area contributed by atoms with Crippen LogP contribution < -0.4 is 0 Å². The van der Waals surface area contributed by atoms with E-state index in [4.69, 9.17) is 5.11 Å². The third kappa shape index (κ3) is 2.35. The van der Waals surface area contributed by atoms with Crippen molar-refractivity contribution in [3.05, 3.63) is 0 Å². The van der Waals surface area contributed by atoms with Crippen molar-refractivity contribution >= 4 is 5.97 Å². The fourth-order valence-electron chi connectivity index (χ4n) is 1.00. The molecule has 0 aliphatic rings. The molecule has 0 saturated heterocycles. The molecule has 2 nitrogen and oxygen atoms in total. The Morgan fingerprint density at radius 3 is 1.14 bits per heavy atom. The second kappa shape index (κ2) is 4.81. The lowest BCUT2D eigenvalue weighted by Crippen LogP contribution is -2.71. The van der Waals surface area contributed by atoms with Gasteiger partial charge in [-0.1, -0.05) is 0 Å². The van der Waals surface area contributed by atoms with E-state index in [0.717, 1.165) is 0 Å². The minimum absolute atomic E-state index is 1.05. The molecule has 1 N–H and O–H groups in total. The molecule has 0 rings (SSSR count). The summed E-state index contributed by atoms with van der Waals surface area (Å²) in [5, 5.41) is 7.62. The zero-order chi connectivity index (χ0) is 18.6. The number of hydrogen-bond acceptors (Lipinski definition) is 1. The summed E-state index contributed by atoms with van der Waals surface area (Å²) < 4.78 is 151. The lowest BCUT2D eigenvalue weighted by Gasteiger charge is -2.39. The van der Waals surface area contributed by atoms with Crippen LogP contribution in [0.15, 0.2) is 0 Å². The number of carbonyl (C=O) groups is 1. The molecule has 14 heteroatoms. The largest absolute Gasteiger partial charge is 0.477 e. The summed E-state index contributed by atoms with van der Waals surface area (Å²) in [5.41, 5.74) is 0. The van der Waals surface area contributed by atoms with Gasteiger partial charge in [0, 0.05) is 6.92 Å². The summed E-state index contributed by atoms with van der Waals surface area (Å²) in [6.07, 6.45) is 0. The van der Waals surface area contributed by atoms with Crippen molar-refractivity contribution in [2.45, 2.75) is 42.5 Å². The van der Waals surface area contributed by atoms with Gasteiger partial charge in [0.05, 0.1) is 0 Å². The average molecular weight is 360 g/mol. The minimum atomic E-state index is -7.83. The molecule has 0 aromatic heterocycles. The highest BCUT2D eigenvalue weighted by Crippen LogP contribution is 2.59. The maximum Gasteiger partial charge on any atom is 0.410 e. The van der Waals surface area contributed by atoms with Crippen LogP contribution in [0.25, 0.3) is 0 Å². The van der Waals surface area contributed by atoms with Crippen LogP contribution >= 0.6 is 0 Å². The number of carboxylic acid groups (broad SMARTS) is 1. The number of aliphatic carboxylic acids is 1. The predicted molar refractivity (Wildman–Crippen MR) is 43.0 cm³/mol. The molecule has 0 spiro atoms. The fraction of sp³-hybridized carbons (Fsp3) is 0.875. The van der Waals surface area contributed by atoms with Gasteiger partial charge in [-0.15, -0.1) is 0 Å². The zero-order valence-corrected chi connectivity index (χ0v) is 9.89. The van der Waals surface area contributed by atoms with Crippen LogP contribution in [-0.2, 0) is 4.79 Å². The van der Waals surface area contributed by atoms with E-state index in [1.165, 1.54) is 0 Å². The van der Waals surface area contributed by atoms with Crippen LogP contribution in [-0.4, -0.2) is 46.6 Å². The standard InChI is InChI=1S/C8H4F12O2/c1-3(9,10)5(13,14)7(17,18)8(19,20)6(15,16)4(11,12)2(21)22/h1H3,(H,21,22). The van der Waals surface area contributed by atoms with E-state index >= 15 is 0 Å². The molecule has 0 heterocycles. The quantitative estimate of drug-likeness (QED) is 0.730. The van der Waals surface area contributed by atoms with Crippen LogP contribution in [0, 0.1) is 0 Å². The Hall–Kier alpha value is -1.37. The van der Waals surface area contributed by atoms with E-state index in [2.05, 4.69) is 0 Å². The maximum atomic E-state index is 12.8. The summed E-state index contributed by atoms with van der Waals surface area (Å²) in [5.74, 6) is -47.4. The van der Waals surface area contributed by atoms with Gasteiger partial charge < -0.3 is 5.11 Å². The molecule has 0 unspecified atom stereocenters. The molecule has 0 saturated carbocycles. The van der Waals surface area contributed by atoms with Gasteiger partial charge in [0.2, 0.25) is 0 Å². The Morgan fingerprint density at radius 2 is 0.909 bits per heavy atom. The van der Waals surface area contributed by atoms with Crippen molar-refractivity contribution in [2.24, 2.45) is 0 Å². The molecular weight excluding hydrogens is 356 g/mol. The summed E-state index contributed by atoms with van der Waals surface area (Å²) in [7, 11) is 0. The van der Waals surface area contributed by atoms with Crippen molar-refractivity contribution in [3.8, 4) is 0 Å². The monoisotopic (exact) mass is 360 g/mol. The molecule has 0 aliphatic heterocycles.